The molecule has 1 aromatic heterocycles. The lowest BCUT2D eigenvalue weighted by Gasteiger charge is -2.32. The molecule has 1 aliphatic heterocycles. The van der Waals surface area contributed by atoms with Gasteiger partial charge in [0.15, 0.2) is 0 Å². The van der Waals surface area contributed by atoms with Crippen molar-refractivity contribution in [2.24, 2.45) is 5.92 Å². The van der Waals surface area contributed by atoms with Crippen LogP contribution in [-0.4, -0.2) is 35.4 Å². The maximum Gasteiger partial charge on any atom is 0.224 e. The zero-order valence-corrected chi connectivity index (χ0v) is 19.4. The lowest BCUT2D eigenvalue weighted by Crippen LogP contribution is -2.34. The number of hydrogen-bond donors (Lipinski definition) is 2. The molecular weight excluding hydrogens is 401 g/mol. The van der Waals surface area contributed by atoms with Crippen molar-refractivity contribution in [3.05, 3.63) is 65.1 Å². The van der Waals surface area contributed by atoms with E-state index in [-0.39, 0.29) is 11.7 Å². The molecule has 1 fully saturated rings. The molecule has 4 rings (SSSR count). The summed E-state index contributed by atoms with van der Waals surface area (Å²) in [7, 11) is 0. The van der Waals surface area contributed by atoms with E-state index in [0.29, 0.717) is 18.3 Å². The number of amides is 1. The second kappa shape index (κ2) is 9.86. The van der Waals surface area contributed by atoms with Crippen LogP contribution in [0.25, 0.3) is 10.9 Å². The number of H-pyrrole nitrogens is 1. The first-order chi connectivity index (χ1) is 15.4. The van der Waals surface area contributed by atoms with Crippen LogP contribution in [0.5, 0.6) is 0 Å². The number of aromatic amines is 1. The Bertz CT molecular complexity index is 1080. The van der Waals surface area contributed by atoms with Crippen molar-refractivity contribution in [1.29, 1.82) is 0 Å². The lowest BCUT2D eigenvalue weighted by molar-refractivity contribution is -0.116. The van der Waals surface area contributed by atoms with Crippen molar-refractivity contribution < 1.29 is 9.18 Å². The molecule has 170 valence electrons. The zero-order valence-electron chi connectivity index (χ0n) is 19.4. The Labute approximate surface area is 190 Å². The minimum absolute atomic E-state index is 0.0778. The topological polar surface area (TPSA) is 48.1 Å². The van der Waals surface area contributed by atoms with Gasteiger partial charge in [-0.15, -0.1) is 0 Å². The van der Waals surface area contributed by atoms with Gasteiger partial charge in [-0.1, -0.05) is 19.9 Å². The molecule has 0 spiro atoms. The summed E-state index contributed by atoms with van der Waals surface area (Å²) < 4.78 is 13.7. The van der Waals surface area contributed by atoms with E-state index in [2.05, 4.69) is 54.3 Å². The van der Waals surface area contributed by atoms with Crippen LogP contribution in [0.1, 0.15) is 55.7 Å². The van der Waals surface area contributed by atoms with Gasteiger partial charge in [0.2, 0.25) is 5.91 Å². The predicted molar refractivity (Wildman–Crippen MR) is 130 cm³/mol. The third-order valence-electron chi connectivity index (χ3n) is 6.63. The van der Waals surface area contributed by atoms with Gasteiger partial charge in [-0.2, -0.15) is 0 Å². The molecule has 1 aliphatic rings. The Kier molecular flexibility index (Phi) is 6.95. The van der Waals surface area contributed by atoms with Gasteiger partial charge in [0.05, 0.1) is 0 Å². The van der Waals surface area contributed by atoms with E-state index in [1.165, 1.54) is 22.8 Å². The maximum absolute atomic E-state index is 13.7. The van der Waals surface area contributed by atoms with Gasteiger partial charge in [-0.3, -0.25) is 4.79 Å². The van der Waals surface area contributed by atoms with Crippen LogP contribution < -0.4 is 5.32 Å². The maximum atomic E-state index is 13.7. The van der Waals surface area contributed by atoms with E-state index in [1.54, 1.807) is 6.07 Å². The minimum Gasteiger partial charge on any atom is -0.361 e. The molecule has 1 saturated heterocycles. The molecule has 2 aromatic carbocycles. The van der Waals surface area contributed by atoms with Crippen LogP contribution in [0, 0.1) is 18.7 Å². The van der Waals surface area contributed by atoms with Crippen molar-refractivity contribution in [2.75, 3.05) is 25.0 Å². The molecular formula is C27H34FN3O. The van der Waals surface area contributed by atoms with Crippen LogP contribution in [-0.2, 0) is 11.2 Å². The third-order valence-corrected chi connectivity index (χ3v) is 6.63. The third kappa shape index (κ3) is 5.39. The zero-order chi connectivity index (χ0) is 22.7. The predicted octanol–water partition coefficient (Wildman–Crippen LogP) is 6.02. The number of hydrogen-bond acceptors (Lipinski definition) is 2. The Balaban J connectivity index is 1.32. The first-order valence-electron chi connectivity index (χ1n) is 11.8. The van der Waals surface area contributed by atoms with Crippen LogP contribution in [0.2, 0.25) is 0 Å². The van der Waals surface area contributed by atoms with Crippen LogP contribution in [0.15, 0.2) is 42.6 Å². The fourth-order valence-corrected chi connectivity index (χ4v) is 4.80. The smallest absolute Gasteiger partial charge is 0.224 e. The Morgan fingerprint density at radius 1 is 1.19 bits per heavy atom. The minimum atomic E-state index is -0.172. The standard InChI is InChI=1S/C27H34FN3O/c1-18(2)14-27(32)30-23-6-4-19(3)21(15-23)10-13-31-11-8-20(9-12-31)25-17-29-26-7-5-22(28)16-24(25)26/h4-7,15-18,20,29H,8-14H2,1-3H3,(H,30,32). The number of carbonyl (C=O) groups excluding carboxylic acids is 1. The Morgan fingerprint density at radius 2 is 1.97 bits per heavy atom. The summed E-state index contributed by atoms with van der Waals surface area (Å²) >= 11 is 0. The number of rotatable bonds is 7. The SMILES string of the molecule is Cc1ccc(NC(=O)CC(C)C)cc1CCN1CCC(c2c[nH]c3ccc(F)cc23)CC1. The first kappa shape index (κ1) is 22.5. The largest absolute Gasteiger partial charge is 0.361 e. The van der Waals surface area contributed by atoms with Gasteiger partial charge in [-0.25, -0.2) is 4.39 Å². The monoisotopic (exact) mass is 435 g/mol. The highest BCUT2D eigenvalue weighted by Crippen LogP contribution is 2.33. The van der Waals surface area contributed by atoms with Crippen LogP contribution >= 0.6 is 0 Å². The number of aryl methyl sites for hydroxylation is 1. The van der Waals surface area contributed by atoms with Crippen molar-refractivity contribution in [2.45, 2.75) is 52.4 Å². The summed E-state index contributed by atoms with van der Waals surface area (Å²) in [6.07, 6.45) is 5.76. The second-order valence-electron chi connectivity index (χ2n) is 9.59. The molecule has 0 saturated carbocycles. The Morgan fingerprint density at radius 3 is 2.72 bits per heavy atom. The second-order valence-corrected chi connectivity index (χ2v) is 9.59. The molecule has 2 N–H and O–H groups in total. The molecule has 0 unspecified atom stereocenters. The van der Waals surface area contributed by atoms with E-state index in [0.717, 1.165) is 55.5 Å². The van der Waals surface area contributed by atoms with Crippen molar-refractivity contribution in [3.8, 4) is 0 Å². The molecule has 0 bridgehead atoms. The van der Waals surface area contributed by atoms with Crippen molar-refractivity contribution in [1.82, 2.24) is 9.88 Å². The fourth-order valence-electron chi connectivity index (χ4n) is 4.80. The molecule has 32 heavy (non-hydrogen) atoms. The summed E-state index contributed by atoms with van der Waals surface area (Å²) in [4.78, 5) is 17.9. The normalized spacial score (nSPS) is 15.5. The van der Waals surface area contributed by atoms with Gasteiger partial charge >= 0.3 is 0 Å². The van der Waals surface area contributed by atoms with E-state index >= 15 is 0 Å². The van der Waals surface area contributed by atoms with E-state index in [9.17, 15) is 9.18 Å². The number of aromatic nitrogens is 1. The number of likely N-dealkylation sites (tertiary alicyclic amines) is 1. The highest BCUT2D eigenvalue weighted by atomic mass is 19.1. The molecule has 0 aliphatic carbocycles. The summed E-state index contributed by atoms with van der Waals surface area (Å²) in [5, 5.41) is 4.06. The van der Waals surface area contributed by atoms with Crippen molar-refractivity contribution >= 4 is 22.5 Å². The summed E-state index contributed by atoms with van der Waals surface area (Å²) in [5.41, 5.74) is 5.71. The lowest BCUT2D eigenvalue weighted by atomic mass is 9.89. The van der Waals surface area contributed by atoms with Gasteiger partial charge in [0.1, 0.15) is 5.82 Å². The summed E-state index contributed by atoms with van der Waals surface area (Å²) in [6, 6.07) is 11.2. The van der Waals surface area contributed by atoms with Crippen LogP contribution in [0.4, 0.5) is 10.1 Å². The van der Waals surface area contributed by atoms with Gasteiger partial charge in [-0.05, 0) is 98.1 Å². The van der Waals surface area contributed by atoms with Crippen LogP contribution in [0.3, 0.4) is 0 Å². The number of nitrogens with one attached hydrogen (secondary N) is 2. The molecule has 4 nitrogen and oxygen atoms in total. The van der Waals surface area contributed by atoms with Gasteiger partial charge < -0.3 is 15.2 Å². The quantitative estimate of drug-likeness (QED) is 0.477. The average molecular weight is 436 g/mol. The summed E-state index contributed by atoms with van der Waals surface area (Å²) in [5.74, 6) is 0.733. The van der Waals surface area contributed by atoms with Gasteiger partial charge in [0, 0.05) is 35.8 Å². The highest BCUT2D eigenvalue weighted by molar-refractivity contribution is 5.91. The number of halogens is 1. The molecule has 0 atom stereocenters. The fraction of sp³-hybridized carbons (Fsp3) is 0.444. The molecule has 1 amide bonds. The number of carbonyl (C=O) groups is 1. The molecule has 5 heteroatoms. The molecule has 0 radical (unpaired) electrons. The number of fused-ring (bicyclic) bond motifs is 1. The number of piperidine rings is 1. The first-order valence-corrected chi connectivity index (χ1v) is 11.8. The number of benzene rings is 2. The molecule has 2 heterocycles. The van der Waals surface area contributed by atoms with Crippen molar-refractivity contribution in [3.63, 3.8) is 0 Å². The van der Waals surface area contributed by atoms with Gasteiger partial charge in [0.25, 0.3) is 0 Å². The average Bonchev–Trinajstić information content (AvgIpc) is 3.17. The van der Waals surface area contributed by atoms with E-state index in [1.807, 2.05) is 12.1 Å². The van der Waals surface area contributed by atoms with E-state index in [4.69, 9.17) is 0 Å². The summed E-state index contributed by atoms with van der Waals surface area (Å²) in [6.45, 7) is 9.37. The number of nitrogens with zero attached hydrogens (tertiary/aromatic N) is 1. The van der Waals surface area contributed by atoms with E-state index < -0.39 is 0 Å². The number of anilines is 1. The molecule has 3 aromatic rings. The Hall–Kier alpha value is -2.66. The highest BCUT2D eigenvalue weighted by Gasteiger charge is 2.23.